The van der Waals surface area contributed by atoms with Gasteiger partial charge in [-0.05, 0) is 166 Å². The molecule has 2 amide bonds. The number of ether oxygens (including phenoxy) is 3. The van der Waals surface area contributed by atoms with Crippen molar-refractivity contribution in [3.8, 4) is 40.0 Å². The van der Waals surface area contributed by atoms with Gasteiger partial charge in [0.15, 0.2) is 23.1 Å². The van der Waals surface area contributed by atoms with Crippen molar-refractivity contribution in [1.82, 2.24) is 24.9 Å². The van der Waals surface area contributed by atoms with Gasteiger partial charge in [-0.3, -0.25) is 29.1 Å². The second kappa shape index (κ2) is 41.3. The van der Waals surface area contributed by atoms with Crippen molar-refractivity contribution in [3.05, 3.63) is 197 Å². The Labute approximate surface area is 579 Å². The van der Waals surface area contributed by atoms with Crippen molar-refractivity contribution in [2.45, 2.75) is 161 Å². The Kier molecular flexibility index (Phi) is 30.5. The minimum absolute atomic E-state index is 0.0368. The number of rotatable bonds is 37. The zero-order valence-corrected chi connectivity index (χ0v) is 56.9. The number of carbonyl (C=O) groups is 5. The van der Waals surface area contributed by atoms with Crippen molar-refractivity contribution >= 4 is 47.3 Å². The van der Waals surface area contributed by atoms with Crippen molar-refractivity contribution < 1.29 is 80.4 Å². The van der Waals surface area contributed by atoms with E-state index in [0.717, 1.165) is 47.2 Å². The van der Waals surface area contributed by atoms with Gasteiger partial charge < -0.3 is 58.3 Å². The van der Waals surface area contributed by atoms with E-state index in [1.54, 1.807) is 97.8 Å². The molecule has 0 saturated heterocycles. The first-order valence-electron chi connectivity index (χ1n) is 34.2. The quantitative estimate of drug-likeness (QED) is 0.00604. The van der Waals surface area contributed by atoms with Crippen LogP contribution in [0.1, 0.15) is 166 Å². The highest BCUT2D eigenvalue weighted by Gasteiger charge is 2.29. The molecule has 5 aromatic carbocycles. The summed E-state index contributed by atoms with van der Waals surface area (Å²) in [6.45, 7) is 9.25. The number of alkyl halides is 1. The van der Waals surface area contributed by atoms with Crippen molar-refractivity contribution in [2.75, 3.05) is 25.8 Å². The molecule has 0 spiro atoms. The SMILES string of the molecule is [2H]C(c1ccccc1OCCCCCC(=O)O)N(/C(=N/O)c1ccc(-c2ccco2)cc1)C(C)C.[2H]C(c1ccccc1OCCCCCC(=O)O)N(C(=O)c1ccc(SCF)cc1)C(C)C.[2H]C(c1ccccc1OCCCCCC(=O)O)N(C(=O)c1n[nH]c(-c2ccco2)c1F)C(C)C. The lowest BCUT2D eigenvalue weighted by Gasteiger charge is -2.30. The van der Waals surface area contributed by atoms with Crippen LogP contribution in [0.5, 0.6) is 17.2 Å². The van der Waals surface area contributed by atoms with Gasteiger partial charge >= 0.3 is 17.9 Å². The predicted molar refractivity (Wildman–Crippen MR) is 372 cm³/mol. The summed E-state index contributed by atoms with van der Waals surface area (Å²) in [6.07, 6.45) is 9.47. The Morgan fingerprint density at radius 2 is 0.939 bits per heavy atom. The van der Waals surface area contributed by atoms with Crippen LogP contribution in [0, 0.1) is 5.82 Å². The van der Waals surface area contributed by atoms with Crippen LogP contribution >= 0.6 is 11.8 Å². The van der Waals surface area contributed by atoms with Crippen LogP contribution in [-0.4, -0.2) is 125 Å². The van der Waals surface area contributed by atoms with Crippen LogP contribution in [-0.2, 0) is 33.9 Å². The summed E-state index contributed by atoms with van der Waals surface area (Å²) in [5.74, 6) is -1.47. The van der Waals surface area contributed by atoms with Gasteiger partial charge in [-0.25, -0.2) is 8.78 Å². The maximum atomic E-state index is 15.0. The van der Waals surface area contributed by atoms with Gasteiger partial charge in [0.05, 0.1) is 36.5 Å². The molecule has 8 rings (SSSR count). The van der Waals surface area contributed by atoms with E-state index in [4.69, 9.17) is 42.5 Å². The summed E-state index contributed by atoms with van der Waals surface area (Å²) in [5.41, 5.74) is 3.25. The van der Waals surface area contributed by atoms with Crippen LogP contribution in [0.3, 0.4) is 0 Å². The fourth-order valence-corrected chi connectivity index (χ4v) is 10.2. The van der Waals surface area contributed by atoms with Gasteiger partial charge in [0.25, 0.3) is 11.8 Å². The second-order valence-electron chi connectivity index (χ2n) is 23.3. The number of nitrogens with zero attached hydrogens (tertiary/aromatic N) is 5. The Morgan fingerprint density at radius 3 is 1.34 bits per heavy atom. The van der Waals surface area contributed by atoms with Gasteiger partial charge in [0, 0.05) is 95.2 Å². The zero-order chi connectivity index (χ0) is 73.4. The van der Waals surface area contributed by atoms with Gasteiger partial charge in [0.1, 0.15) is 34.7 Å². The third-order valence-corrected chi connectivity index (χ3v) is 15.6. The number of amidine groups is 1. The third-order valence-electron chi connectivity index (χ3n) is 14.9. The number of furan rings is 2. The van der Waals surface area contributed by atoms with E-state index >= 15 is 4.39 Å². The minimum atomic E-state index is -1.17. The number of thioether (sulfide) groups is 1. The Morgan fingerprint density at radius 1 is 0.531 bits per heavy atom. The highest BCUT2D eigenvalue weighted by Crippen LogP contribution is 2.30. The van der Waals surface area contributed by atoms with E-state index in [1.807, 2.05) is 100 Å². The van der Waals surface area contributed by atoms with E-state index in [9.17, 15) is 33.6 Å². The highest BCUT2D eigenvalue weighted by molar-refractivity contribution is 7.99. The molecule has 20 nitrogen and oxygen atoms in total. The molecule has 5 N–H and O–H groups in total. The second-order valence-corrected chi connectivity index (χ2v) is 24.2. The van der Waals surface area contributed by atoms with Crippen molar-refractivity contribution in [2.24, 2.45) is 5.16 Å². The molecule has 0 aliphatic heterocycles. The third kappa shape index (κ3) is 24.9. The first kappa shape index (κ1) is 72.4. The summed E-state index contributed by atoms with van der Waals surface area (Å²) in [5, 5.41) is 46.1. The average molecular weight is 1370 g/mol. The number of benzene rings is 5. The molecule has 0 aliphatic carbocycles. The lowest BCUT2D eigenvalue weighted by Crippen LogP contribution is -2.37. The monoisotopic (exact) mass is 1370 g/mol. The minimum Gasteiger partial charge on any atom is -0.493 e. The molecule has 0 fully saturated rings. The number of para-hydroxylation sites is 3. The molecular formula is C75H90F2N6O14S. The van der Waals surface area contributed by atoms with E-state index in [2.05, 4.69) is 15.4 Å². The van der Waals surface area contributed by atoms with Crippen LogP contribution < -0.4 is 14.2 Å². The van der Waals surface area contributed by atoms with E-state index in [1.165, 1.54) is 16.1 Å². The first-order valence-corrected chi connectivity index (χ1v) is 33.5. The Bertz CT molecular complexity index is 3860. The fourth-order valence-electron chi connectivity index (χ4n) is 9.72. The summed E-state index contributed by atoms with van der Waals surface area (Å²) in [4.78, 5) is 63.5. The molecule has 8 aromatic rings. The maximum absolute atomic E-state index is 15.0. The molecule has 23 heteroatoms. The molecular weight excluding hydrogens is 1280 g/mol. The van der Waals surface area contributed by atoms with Gasteiger partial charge in [-0.2, -0.15) is 5.10 Å². The number of nitrogens with one attached hydrogen (secondary N) is 1. The largest absolute Gasteiger partial charge is 0.493 e. The number of aromatic amines is 1. The molecule has 3 aromatic heterocycles. The summed E-state index contributed by atoms with van der Waals surface area (Å²) in [6, 6.07) is 41.1. The molecule has 0 aliphatic rings. The number of oxime groups is 1. The van der Waals surface area contributed by atoms with Gasteiger partial charge in [-0.15, -0.1) is 0 Å². The number of carboxylic acids is 3. The number of hydrogen-bond acceptors (Lipinski definition) is 14. The average Bonchev–Trinajstić information content (AvgIpc) is 1.71. The van der Waals surface area contributed by atoms with Crippen LogP contribution in [0.15, 0.2) is 177 Å². The van der Waals surface area contributed by atoms with E-state index in [-0.39, 0.29) is 54.5 Å². The van der Waals surface area contributed by atoms with Crippen LogP contribution in [0.2, 0.25) is 0 Å². The van der Waals surface area contributed by atoms with Crippen molar-refractivity contribution in [3.63, 3.8) is 0 Å². The number of carbonyl (C=O) groups excluding carboxylic acids is 2. The van der Waals surface area contributed by atoms with E-state index in [0.29, 0.717) is 103 Å². The topological polar surface area (TPSA) is 271 Å². The molecule has 3 atom stereocenters. The molecule has 98 heavy (non-hydrogen) atoms. The maximum Gasteiger partial charge on any atom is 0.303 e. The first-order chi connectivity index (χ1) is 48.6. The van der Waals surface area contributed by atoms with Crippen LogP contribution in [0.25, 0.3) is 22.8 Å². The van der Waals surface area contributed by atoms with Gasteiger partial charge in [-0.1, -0.05) is 95.8 Å². The summed E-state index contributed by atoms with van der Waals surface area (Å²) in [7, 11) is 0. The molecule has 0 radical (unpaired) electrons. The number of unbranched alkanes of at least 4 members (excludes halogenated alkanes) is 6. The summed E-state index contributed by atoms with van der Waals surface area (Å²) >= 11 is 1.06. The zero-order valence-electron chi connectivity index (χ0n) is 59.1. The lowest BCUT2D eigenvalue weighted by molar-refractivity contribution is -0.138. The number of carboxylic acid groups (broad SMARTS) is 3. The molecule has 3 unspecified atom stereocenters. The highest BCUT2D eigenvalue weighted by atomic mass is 32.2. The molecule has 0 saturated carbocycles. The summed E-state index contributed by atoms with van der Waals surface area (Å²) < 4.78 is 82.5. The number of halogens is 2. The number of H-pyrrole nitrogens is 1. The Hall–Kier alpha value is -9.90. The smallest absolute Gasteiger partial charge is 0.303 e. The standard InChI is InChI=1S/C27H32N2O5.C24H28FN3O5.C24H30FNO4S/c1-20(2)29(27(28-32)22-15-13-21(14-16-22)24-11-8-18-34-24)19-23-9-5-6-10-25(23)33-17-7-3-4-12-26(30)31;1-16(2)28(24(31)23-21(25)22(26-27-23)19-11-8-14-33-19)15-17-9-5-6-10-18(17)32-13-7-3-4-12-20(29)30;1-18(2)26(24(29)19-11-13-21(14-12-19)31-17-25)16-20-8-5-6-9-22(20)30-15-7-3-4-10-23(27)28/h5-6,8-11,13-16,18,20,32H,3-4,7,12,17,19H2,1-2H3,(H,30,31);5-6,8-11,14,16H,3-4,7,12-13,15H2,1-2H3,(H,26,27)(H,29,30);5-6,8-9,11-14,18H,3-4,7,10,15-17H2,1-2H3,(H,27,28)/b28-27+;;/i19D;15D;16D. The molecule has 3 heterocycles. The molecule has 0 bridgehead atoms. The normalized spacial score (nSPS) is 12.6. The Balaban J connectivity index is 0.000000239. The molecule has 524 valence electrons. The number of aromatic nitrogens is 2. The number of hydrogen-bond donors (Lipinski definition) is 5. The lowest BCUT2D eigenvalue weighted by atomic mass is 10.1. The number of aliphatic carboxylic acids is 3. The fraction of sp³-hybridized carbons (Fsp3) is 0.373. The van der Waals surface area contributed by atoms with Gasteiger partial charge in [0.2, 0.25) is 0 Å². The predicted octanol–water partition coefficient (Wildman–Crippen LogP) is 16.7. The number of amides is 2. The van der Waals surface area contributed by atoms with E-state index < -0.39 is 66.9 Å². The van der Waals surface area contributed by atoms with Crippen molar-refractivity contribution in [1.29, 1.82) is 0 Å². The van der Waals surface area contributed by atoms with Crippen LogP contribution in [0.4, 0.5) is 8.78 Å².